The summed E-state index contributed by atoms with van der Waals surface area (Å²) in [6.45, 7) is 2.89. The van der Waals surface area contributed by atoms with Crippen LogP contribution in [0.2, 0.25) is 10.0 Å². The molecule has 0 aliphatic carbocycles. The Labute approximate surface area is 146 Å². The fraction of sp³-hybridized carbons (Fsp3) is 0.250. The maximum absolute atomic E-state index is 13.2. The van der Waals surface area contributed by atoms with Gasteiger partial charge in [0.05, 0.1) is 15.7 Å². The van der Waals surface area contributed by atoms with E-state index in [4.69, 9.17) is 23.2 Å². The number of halogens is 2. The summed E-state index contributed by atoms with van der Waals surface area (Å²) in [7, 11) is -3.81. The predicted octanol–water partition coefficient (Wildman–Crippen LogP) is 3.68. The molecule has 1 heterocycles. The molecular formula is C16H16Cl2N2O2S. The van der Waals surface area contributed by atoms with Gasteiger partial charge in [0.15, 0.2) is 0 Å². The van der Waals surface area contributed by atoms with Gasteiger partial charge in [0, 0.05) is 19.1 Å². The SMILES string of the molecule is CC1CN(S(=O)(=O)c2cccc(Cl)c2Cl)c2ccccc2CN1. The van der Waals surface area contributed by atoms with Gasteiger partial charge in [-0.1, -0.05) is 47.5 Å². The number of sulfonamides is 1. The van der Waals surface area contributed by atoms with Gasteiger partial charge < -0.3 is 5.32 Å². The highest BCUT2D eigenvalue weighted by atomic mass is 35.5. The lowest BCUT2D eigenvalue weighted by atomic mass is 10.2. The molecule has 1 N–H and O–H groups in total. The minimum absolute atomic E-state index is 0.00938. The van der Waals surface area contributed by atoms with Gasteiger partial charge in [-0.05, 0) is 30.7 Å². The largest absolute Gasteiger partial charge is 0.308 e. The molecule has 1 unspecified atom stereocenters. The Morgan fingerprint density at radius 3 is 2.65 bits per heavy atom. The van der Waals surface area contributed by atoms with E-state index in [0.29, 0.717) is 18.8 Å². The molecular weight excluding hydrogens is 355 g/mol. The van der Waals surface area contributed by atoms with Gasteiger partial charge in [0.25, 0.3) is 10.0 Å². The highest BCUT2D eigenvalue weighted by Crippen LogP contribution is 2.34. The van der Waals surface area contributed by atoms with Crippen molar-refractivity contribution in [3.05, 3.63) is 58.1 Å². The Hall–Kier alpha value is -1.27. The molecule has 1 aliphatic heterocycles. The molecule has 0 aromatic heterocycles. The summed E-state index contributed by atoms with van der Waals surface area (Å²) >= 11 is 12.1. The first-order valence-electron chi connectivity index (χ1n) is 7.19. The molecule has 0 radical (unpaired) electrons. The van der Waals surface area contributed by atoms with E-state index < -0.39 is 10.0 Å². The molecule has 2 aromatic rings. The number of hydrogen-bond donors (Lipinski definition) is 1. The monoisotopic (exact) mass is 370 g/mol. The molecule has 1 atom stereocenters. The van der Waals surface area contributed by atoms with Crippen molar-refractivity contribution in [1.29, 1.82) is 0 Å². The van der Waals surface area contributed by atoms with Crippen LogP contribution in [0.15, 0.2) is 47.4 Å². The minimum Gasteiger partial charge on any atom is -0.308 e. The molecule has 4 nitrogen and oxygen atoms in total. The van der Waals surface area contributed by atoms with Crippen LogP contribution in [0, 0.1) is 0 Å². The topological polar surface area (TPSA) is 49.4 Å². The lowest BCUT2D eigenvalue weighted by Crippen LogP contribution is -2.39. The Kier molecular flexibility index (Phi) is 4.56. The van der Waals surface area contributed by atoms with Crippen LogP contribution in [-0.4, -0.2) is 21.0 Å². The molecule has 23 heavy (non-hydrogen) atoms. The molecule has 1 aliphatic rings. The Morgan fingerprint density at radius 1 is 1.13 bits per heavy atom. The summed E-state index contributed by atoms with van der Waals surface area (Å²) < 4.78 is 27.8. The van der Waals surface area contributed by atoms with Crippen LogP contribution in [0.5, 0.6) is 0 Å². The fourth-order valence-electron chi connectivity index (χ4n) is 2.63. The van der Waals surface area contributed by atoms with E-state index in [2.05, 4.69) is 5.32 Å². The molecule has 7 heteroatoms. The van der Waals surface area contributed by atoms with Crippen molar-refractivity contribution in [2.24, 2.45) is 0 Å². The average Bonchev–Trinajstić information content (AvgIpc) is 2.70. The van der Waals surface area contributed by atoms with Gasteiger partial charge in [-0.25, -0.2) is 8.42 Å². The molecule has 0 spiro atoms. The van der Waals surface area contributed by atoms with Crippen molar-refractivity contribution >= 4 is 38.9 Å². The zero-order valence-electron chi connectivity index (χ0n) is 12.5. The van der Waals surface area contributed by atoms with Crippen molar-refractivity contribution in [2.45, 2.75) is 24.4 Å². The van der Waals surface area contributed by atoms with E-state index in [9.17, 15) is 8.42 Å². The molecule has 0 fully saturated rings. The standard InChI is InChI=1S/C16H16Cl2N2O2S/c1-11-10-20(14-7-3-2-5-12(14)9-19-11)23(21,22)15-8-4-6-13(17)16(15)18/h2-8,11,19H,9-10H2,1H3. The van der Waals surface area contributed by atoms with Crippen molar-refractivity contribution in [3.63, 3.8) is 0 Å². The van der Waals surface area contributed by atoms with Crippen LogP contribution >= 0.6 is 23.2 Å². The van der Waals surface area contributed by atoms with E-state index >= 15 is 0 Å². The predicted molar refractivity (Wildman–Crippen MR) is 93.7 cm³/mol. The quantitative estimate of drug-likeness (QED) is 0.876. The van der Waals surface area contributed by atoms with Crippen molar-refractivity contribution < 1.29 is 8.42 Å². The highest BCUT2D eigenvalue weighted by molar-refractivity contribution is 7.93. The number of anilines is 1. The zero-order chi connectivity index (χ0) is 16.6. The summed E-state index contributed by atoms with van der Waals surface area (Å²) in [6, 6.07) is 12.1. The lowest BCUT2D eigenvalue weighted by Gasteiger charge is -2.26. The van der Waals surface area contributed by atoms with Crippen LogP contribution in [0.3, 0.4) is 0 Å². The van der Waals surface area contributed by atoms with Crippen molar-refractivity contribution in [1.82, 2.24) is 5.32 Å². The summed E-state index contributed by atoms with van der Waals surface area (Å²) in [4.78, 5) is 0.0237. The van der Waals surface area contributed by atoms with Gasteiger partial charge in [-0.15, -0.1) is 0 Å². The van der Waals surface area contributed by atoms with E-state index in [1.54, 1.807) is 12.1 Å². The van der Waals surface area contributed by atoms with Crippen LogP contribution in [-0.2, 0) is 16.6 Å². The second kappa shape index (κ2) is 6.32. The van der Waals surface area contributed by atoms with Crippen LogP contribution in [0.25, 0.3) is 0 Å². The second-order valence-electron chi connectivity index (χ2n) is 5.50. The van der Waals surface area contributed by atoms with E-state index in [-0.39, 0.29) is 21.0 Å². The van der Waals surface area contributed by atoms with Gasteiger partial charge in [-0.3, -0.25) is 4.31 Å². The first-order valence-corrected chi connectivity index (χ1v) is 9.39. The minimum atomic E-state index is -3.81. The fourth-order valence-corrected chi connectivity index (χ4v) is 4.96. The molecule has 0 saturated carbocycles. The molecule has 122 valence electrons. The number of nitrogens with one attached hydrogen (secondary N) is 1. The number of fused-ring (bicyclic) bond motifs is 1. The highest BCUT2D eigenvalue weighted by Gasteiger charge is 2.31. The summed E-state index contributed by atoms with van der Waals surface area (Å²) in [5, 5.41) is 3.59. The molecule has 3 rings (SSSR count). The van der Waals surface area contributed by atoms with Crippen molar-refractivity contribution in [3.8, 4) is 0 Å². The third-order valence-electron chi connectivity index (χ3n) is 3.83. The Morgan fingerprint density at radius 2 is 1.87 bits per heavy atom. The number of para-hydroxylation sites is 1. The maximum Gasteiger partial charge on any atom is 0.265 e. The van der Waals surface area contributed by atoms with Crippen LogP contribution in [0.4, 0.5) is 5.69 Å². The first kappa shape index (κ1) is 16.6. The van der Waals surface area contributed by atoms with Gasteiger partial charge in [0.2, 0.25) is 0 Å². The smallest absolute Gasteiger partial charge is 0.265 e. The van der Waals surface area contributed by atoms with Gasteiger partial charge in [-0.2, -0.15) is 0 Å². The molecule has 0 bridgehead atoms. The third-order valence-corrected chi connectivity index (χ3v) is 6.58. The van der Waals surface area contributed by atoms with E-state index in [1.807, 2.05) is 31.2 Å². The van der Waals surface area contributed by atoms with Crippen LogP contribution in [0.1, 0.15) is 12.5 Å². The van der Waals surface area contributed by atoms with Gasteiger partial charge >= 0.3 is 0 Å². The average molecular weight is 371 g/mol. The summed E-state index contributed by atoms with van der Waals surface area (Å²) in [5.41, 5.74) is 1.60. The number of hydrogen-bond acceptors (Lipinski definition) is 3. The van der Waals surface area contributed by atoms with Crippen LogP contribution < -0.4 is 9.62 Å². The third kappa shape index (κ3) is 3.06. The summed E-state index contributed by atoms with van der Waals surface area (Å²) in [5.74, 6) is 0. The second-order valence-corrected chi connectivity index (χ2v) is 8.11. The maximum atomic E-state index is 13.2. The number of nitrogens with zero attached hydrogens (tertiary/aromatic N) is 1. The Balaban J connectivity index is 2.17. The number of rotatable bonds is 2. The Bertz CT molecular complexity index is 840. The zero-order valence-corrected chi connectivity index (χ0v) is 14.8. The first-order chi connectivity index (χ1) is 10.9. The van der Waals surface area contributed by atoms with Crippen molar-refractivity contribution in [2.75, 3.05) is 10.8 Å². The normalized spacial score (nSPS) is 18.4. The molecule has 2 aromatic carbocycles. The number of benzene rings is 2. The van der Waals surface area contributed by atoms with Gasteiger partial charge in [0.1, 0.15) is 4.90 Å². The molecule has 0 amide bonds. The van der Waals surface area contributed by atoms with E-state index in [1.165, 1.54) is 10.4 Å². The van der Waals surface area contributed by atoms with E-state index in [0.717, 1.165) is 5.56 Å². The lowest BCUT2D eigenvalue weighted by molar-refractivity contribution is 0.556. The summed E-state index contributed by atoms with van der Waals surface area (Å²) in [6.07, 6.45) is 0. The molecule has 0 saturated heterocycles.